The van der Waals surface area contributed by atoms with E-state index in [4.69, 9.17) is 0 Å². The Morgan fingerprint density at radius 2 is 2.00 bits per heavy atom. The smallest absolute Gasteiger partial charge is 0.235 e. The summed E-state index contributed by atoms with van der Waals surface area (Å²) in [5.74, 6) is 0.252. The monoisotopic (exact) mass is 221 g/mol. The number of hydrogen-bond donors (Lipinski definition) is 0. The summed E-state index contributed by atoms with van der Waals surface area (Å²) in [6.07, 6.45) is 0.656. The molecule has 3 heteroatoms. The van der Waals surface area contributed by atoms with E-state index in [1.807, 2.05) is 22.5 Å². The topological polar surface area (TPSA) is 20.3 Å². The normalized spacial score (nSPS) is 20.6. The third kappa shape index (κ3) is 2.17. The van der Waals surface area contributed by atoms with Gasteiger partial charge in [0.05, 0.1) is 12.5 Å². The Morgan fingerprint density at radius 3 is 2.53 bits per heavy atom. The van der Waals surface area contributed by atoms with Gasteiger partial charge in [0, 0.05) is 5.25 Å². The zero-order valence-corrected chi connectivity index (χ0v) is 9.83. The molecule has 0 saturated carbocycles. The number of hydrogen-bond acceptors (Lipinski definition) is 2. The van der Waals surface area contributed by atoms with E-state index in [-0.39, 0.29) is 11.9 Å². The molecule has 0 aromatic heterocycles. The van der Waals surface area contributed by atoms with Crippen molar-refractivity contribution in [3.05, 3.63) is 35.9 Å². The van der Waals surface area contributed by atoms with Gasteiger partial charge < -0.3 is 0 Å². The molecule has 1 fully saturated rings. The maximum absolute atomic E-state index is 11.5. The Hall–Kier alpha value is -0.960. The molecule has 1 heterocycles. The van der Waals surface area contributed by atoms with Crippen LogP contribution < -0.4 is 0 Å². The van der Waals surface area contributed by atoms with Crippen LogP contribution in [0.4, 0.5) is 0 Å². The Bertz CT molecular complexity index is 350. The van der Waals surface area contributed by atoms with Crippen LogP contribution in [0, 0.1) is 0 Å². The van der Waals surface area contributed by atoms with Crippen molar-refractivity contribution >= 4 is 17.9 Å². The van der Waals surface area contributed by atoms with Gasteiger partial charge in [-0.25, -0.2) is 0 Å². The molecule has 0 radical (unpaired) electrons. The van der Waals surface area contributed by atoms with E-state index in [0.717, 1.165) is 0 Å². The number of carbonyl (C=O) groups excluding carboxylic acids is 1. The molecule has 0 bridgehead atoms. The molecule has 0 N–H and O–H groups in total. The van der Waals surface area contributed by atoms with Gasteiger partial charge in [-0.1, -0.05) is 44.2 Å². The van der Waals surface area contributed by atoms with Gasteiger partial charge in [0.1, 0.15) is 0 Å². The molecule has 1 amide bonds. The average molecular weight is 221 g/mol. The van der Waals surface area contributed by atoms with Crippen LogP contribution in [0.15, 0.2) is 30.3 Å². The summed E-state index contributed by atoms with van der Waals surface area (Å²) in [5, 5.41) is 0.459. The average Bonchev–Trinajstić information content (AvgIpc) is 2.24. The van der Waals surface area contributed by atoms with E-state index >= 15 is 0 Å². The van der Waals surface area contributed by atoms with Gasteiger partial charge >= 0.3 is 0 Å². The van der Waals surface area contributed by atoms with Crippen LogP contribution in [0.3, 0.4) is 0 Å². The fourth-order valence-electron chi connectivity index (χ4n) is 1.69. The van der Waals surface area contributed by atoms with Crippen LogP contribution in [-0.2, 0) is 4.79 Å². The standard InChI is InChI=1S/C12H15NOS/c1-9(2)15-13-11(8-12(13)14)10-6-4-3-5-7-10/h3-7,9,11H,8H2,1-2H3. The van der Waals surface area contributed by atoms with Crippen molar-refractivity contribution < 1.29 is 4.79 Å². The largest absolute Gasteiger partial charge is 0.278 e. The third-order valence-corrected chi connectivity index (χ3v) is 3.51. The van der Waals surface area contributed by atoms with Crippen molar-refractivity contribution in [1.29, 1.82) is 0 Å². The second-order valence-electron chi connectivity index (χ2n) is 4.00. The first-order valence-corrected chi connectivity index (χ1v) is 6.06. The molecule has 1 aromatic carbocycles. The Kier molecular flexibility index (Phi) is 3.00. The van der Waals surface area contributed by atoms with Gasteiger partial charge in [0.2, 0.25) is 5.91 Å². The van der Waals surface area contributed by atoms with Crippen molar-refractivity contribution in [1.82, 2.24) is 4.31 Å². The van der Waals surface area contributed by atoms with Crippen LogP contribution in [0.25, 0.3) is 0 Å². The first-order valence-electron chi connectivity index (χ1n) is 5.22. The summed E-state index contributed by atoms with van der Waals surface area (Å²) in [5.41, 5.74) is 1.24. The second kappa shape index (κ2) is 4.27. The van der Waals surface area contributed by atoms with E-state index in [1.54, 1.807) is 11.9 Å². The van der Waals surface area contributed by atoms with E-state index in [0.29, 0.717) is 11.7 Å². The fraction of sp³-hybridized carbons (Fsp3) is 0.417. The lowest BCUT2D eigenvalue weighted by Crippen LogP contribution is -2.42. The van der Waals surface area contributed by atoms with E-state index < -0.39 is 0 Å². The summed E-state index contributed by atoms with van der Waals surface area (Å²) < 4.78 is 1.90. The third-order valence-electron chi connectivity index (χ3n) is 2.41. The minimum atomic E-state index is 0.252. The zero-order chi connectivity index (χ0) is 10.8. The molecule has 0 aliphatic carbocycles. The highest BCUT2D eigenvalue weighted by atomic mass is 32.2. The number of nitrogens with zero attached hydrogens (tertiary/aromatic N) is 1. The fourth-order valence-corrected chi connectivity index (χ4v) is 2.68. The van der Waals surface area contributed by atoms with Gasteiger partial charge in [0.15, 0.2) is 0 Å². The predicted molar refractivity (Wildman–Crippen MR) is 63.4 cm³/mol. The van der Waals surface area contributed by atoms with Crippen molar-refractivity contribution in [2.24, 2.45) is 0 Å². The highest BCUT2D eigenvalue weighted by molar-refractivity contribution is 7.98. The van der Waals surface area contributed by atoms with E-state index in [1.165, 1.54) is 5.56 Å². The molecule has 1 saturated heterocycles. The van der Waals surface area contributed by atoms with Crippen LogP contribution in [-0.4, -0.2) is 15.5 Å². The van der Waals surface area contributed by atoms with Crippen molar-refractivity contribution in [2.75, 3.05) is 0 Å². The molecular weight excluding hydrogens is 206 g/mol. The second-order valence-corrected chi connectivity index (χ2v) is 5.55. The van der Waals surface area contributed by atoms with Crippen LogP contribution in [0.2, 0.25) is 0 Å². The van der Waals surface area contributed by atoms with Crippen LogP contribution in [0.1, 0.15) is 31.9 Å². The minimum Gasteiger partial charge on any atom is -0.278 e. The first kappa shape index (κ1) is 10.6. The first-order chi connectivity index (χ1) is 7.18. The predicted octanol–water partition coefficient (Wildman–Crippen LogP) is 3.02. The molecular formula is C12H15NOS. The Balaban J connectivity index is 2.09. The molecule has 1 unspecified atom stereocenters. The van der Waals surface area contributed by atoms with E-state index in [9.17, 15) is 4.79 Å². The van der Waals surface area contributed by atoms with Gasteiger partial charge in [-0.15, -0.1) is 0 Å². The highest BCUT2D eigenvalue weighted by Crippen LogP contribution is 2.40. The molecule has 1 aliphatic heterocycles. The summed E-state index contributed by atoms with van der Waals surface area (Å²) in [4.78, 5) is 11.5. The van der Waals surface area contributed by atoms with Gasteiger partial charge in [0.25, 0.3) is 0 Å². The minimum absolute atomic E-state index is 0.252. The van der Waals surface area contributed by atoms with Gasteiger partial charge in [-0.3, -0.25) is 9.10 Å². The van der Waals surface area contributed by atoms with Crippen molar-refractivity contribution in [3.63, 3.8) is 0 Å². The number of benzene rings is 1. The molecule has 1 aliphatic rings. The molecule has 2 rings (SSSR count). The molecule has 1 atom stereocenters. The summed E-state index contributed by atoms with van der Waals surface area (Å²) >= 11 is 1.64. The SMILES string of the molecule is CC(C)SN1C(=O)CC1c1ccccc1. The lowest BCUT2D eigenvalue weighted by Gasteiger charge is -2.40. The summed E-state index contributed by atoms with van der Waals surface area (Å²) in [6, 6.07) is 10.5. The Labute approximate surface area is 94.8 Å². The number of carbonyl (C=O) groups is 1. The molecule has 80 valence electrons. The van der Waals surface area contributed by atoms with Crippen LogP contribution in [0.5, 0.6) is 0 Å². The van der Waals surface area contributed by atoms with Crippen molar-refractivity contribution in [3.8, 4) is 0 Å². The maximum Gasteiger partial charge on any atom is 0.235 e. The Morgan fingerprint density at radius 1 is 1.33 bits per heavy atom. The van der Waals surface area contributed by atoms with E-state index in [2.05, 4.69) is 26.0 Å². The molecule has 15 heavy (non-hydrogen) atoms. The quantitative estimate of drug-likeness (QED) is 0.577. The highest BCUT2D eigenvalue weighted by Gasteiger charge is 2.38. The van der Waals surface area contributed by atoms with Gasteiger partial charge in [-0.05, 0) is 17.5 Å². The summed E-state index contributed by atoms with van der Waals surface area (Å²) in [7, 11) is 0. The lowest BCUT2D eigenvalue weighted by molar-refractivity contribution is -0.137. The van der Waals surface area contributed by atoms with Gasteiger partial charge in [-0.2, -0.15) is 0 Å². The molecule has 2 nitrogen and oxygen atoms in total. The zero-order valence-electron chi connectivity index (χ0n) is 9.01. The van der Waals surface area contributed by atoms with Crippen molar-refractivity contribution in [2.45, 2.75) is 31.6 Å². The molecule has 0 spiro atoms. The van der Waals surface area contributed by atoms with Crippen LogP contribution >= 0.6 is 11.9 Å². The maximum atomic E-state index is 11.5. The summed E-state index contributed by atoms with van der Waals surface area (Å²) in [6.45, 7) is 4.22. The number of β-lactam (4-membered cyclic amide) rings is 1. The molecule has 1 aromatic rings. The lowest BCUT2D eigenvalue weighted by atomic mass is 9.97. The number of rotatable bonds is 3. The number of amides is 1.